The first-order valence-electron chi connectivity index (χ1n) is 7.50. The SMILES string of the molecule is CC(C)C1CCN(C(=NC2CCCCC2)NN)C1. The molecule has 4 nitrogen and oxygen atoms in total. The molecule has 1 aliphatic carbocycles. The van der Waals surface area contributed by atoms with Gasteiger partial charge in [-0.05, 0) is 31.1 Å². The van der Waals surface area contributed by atoms with E-state index >= 15 is 0 Å². The van der Waals surface area contributed by atoms with Crippen LogP contribution in [0.15, 0.2) is 4.99 Å². The van der Waals surface area contributed by atoms with E-state index in [1.165, 1.54) is 38.5 Å². The molecule has 4 heteroatoms. The molecule has 1 aliphatic heterocycles. The van der Waals surface area contributed by atoms with E-state index in [4.69, 9.17) is 10.8 Å². The molecule has 104 valence electrons. The molecule has 2 fully saturated rings. The Balaban J connectivity index is 1.94. The highest BCUT2D eigenvalue weighted by atomic mass is 15.4. The van der Waals surface area contributed by atoms with Gasteiger partial charge in [0.1, 0.15) is 0 Å². The van der Waals surface area contributed by atoms with Crippen LogP contribution in [0.3, 0.4) is 0 Å². The van der Waals surface area contributed by atoms with Gasteiger partial charge in [-0.1, -0.05) is 33.1 Å². The zero-order valence-corrected chi connectivity index (χ0v) is 11.9. The summed E-state index contributed by atoms with van der Waals surface area (Å²) in [5, 5.41) is 0. The highest BCUT2D eigenvalue weighted by Crippen LogP contribution is 2.25. The Hall–Kier alpha value is -0.770. The minimum Gasteiger partial charge on any atom is -0.342 e. The van der Waals surface area contributed by atoms with E-state index in [0.717, 1.165) is 30.9 Å². The zero-order chi connectivity index (χ0) is 13.0. The van der Waals surface area contributed by atoms with Crippen molar-refractivity contribution < 1.29 is 0 Å². The average molecular weight is 252 g/mol. The molecule has 0 aromatic rings. The van der Waals surface area contributed by atoms with Crippen molar-refractivity contribution >= 4 is 5.96 Å². The van der Waals surface area contributed by atoms with Crippen LogP contribution in [0.5, 0.6) is 0 Å². The lowest BCUT2D eigenvalue weighted by Crippen LogP contribution is -2.44. The van der Waals surface area contributed by atoms with Crippen LogP contribution >= 0.6 is 0 Å². The molecule has 0 bridgehead atoms. The van der Waals surface area contributed by atoms with Crippen LogP contribution in [-0.2, 0) is 0 Å². The van der Waals surface area contributed by atoms with Crippen molar-refractivity contribution in [3.05, 3.63) is 0 Å². The van der Waals surface area contributed by atoms with Crippen molar-refractivity contribution in [1.29, 1.82) is 0 Å². The number of hydrazine groups is 1. The van der Waals surface area contributed by atoms with Gasteiger partial charge in [0.25, 0.3) is 0 Å². The highest BCUT2D eigenvalue weighted by Gasteiger charge is 2.27. The molecule has 3 N–H and O–H groups in total. The lowest BCUT2D eigenvalue weighted by molar-refractivity contribution is 0.379. The predicted molar refractivity (Wildman–Crippen MR) is 76.1 cm³/mol. The second kappa shape index (κ2) is 6.41. The summed E-state index contributed by atoms with van der Waals surface area (Å²) in [6.45, 7) is 6.82. The van der Waals surface area contributed by atoms with Gasteiger partial charge in [-0.25, -0.2) is 10.8 Å². The van der Waals surface area contributed by atoms with Crippen LogP contribution < -0.4 is 11.3 Å². The minimum atomic E-state index is 0.489. The fourth-order valence-electron chi connectivity index (χ4n) is 3.12. The number of nitrogens with one attached hydrogen (secondary N) is 1. The lowest BCUT2D eigenvalue weighted by atomic mass is 9.95. The van der Waals surface area contributed by atoms with Gasteiger partial charge in [0, 0.05) is 13.1 Å². The number of guanidine groups is 1. The van der Waals surface area contributed by atoms with Gasteiger partial charge in [0.2, 0.25) is 5.96 Å². The van der Waals surface area contributed by atoms with Gasteiger partial charge in [-0.15, -0.1) is 0 Å². The Bertz CT molecular complexity index is 282. The van der Waals surface area contributed by atoms with Gasteiger partial charge in [-0.2, -0.15) is 0 Å². The molecule has 0 aromatic heterocycles. The van der Waals surface area contributed by atoms with E-state index in [0.29, 0.717) is 6.04 Å². The van der Waals surface area contributed by atoms with Crippen LogP contribution in [0.2, 0.25) is 0 Å². The molecule has 1 saturated heterocycles. The number of nitrogens with zero attached hydrogens (tertiary/aromatic N) is 2. The summed E-state index contributed by atoms with van der Waals surface area (Å²) in [6.07, 6.45) is 7.74. The first-order chi connectivity index (χ1) is 8.70. The molecule has 2 aliphatic rings. The Morgan fingerprint density at radius 2 is 1.94 bits per heavy atom. The summed E-state index contributed by atoms with van der Waals surface area (Å²) in [7, 11) is 0. The van der Waals surface area contributed by atoms with E-state index in [-0.39, 0.29) is 0 Å². The summed E-state index contributed by atoms with van der Waals surface area (Å²) in [4.78, 5) is 7.17. The predicted octanol–water partition coefficient (Wildman–Crippen LogP) is 2.12. The fourth-order valence-corrected chi connectivity index (χ4v) is 3.12. The van der Waals surface area contributed by atoms with Crippen LogP contribution in [0.4, 0.5) is 0 Å². The van der Waals surface area contributed by atoms with Crippen LogP contribution in [0.1, 0.15) is 52.4 Å². The van der Waals surface area contributed by atoms with Crippen molar-refractivity contribution in [2.45, 2.75) is 58.4 Å². The standard InChI is InChI=1S/C14H28N4/c1-11(2)12-8-9-18(10-12)14(17-15)16-13-6-4-3-5-7-13/h11-13H,3-10,15H2,1-2H3,(H,16,17). The molecule has 0 spiro atoms. The van der Waals surface area contributed by atoms with Crippen molar-refractivity contribution in [3.63, 3.8) is 0 Å². The summed E-state index contributed by atoms with van der Waals surface area (Å²) in [5.41, 5.74) is 2.83. The molecule has 1 saturated carbocycles. The van der Waals surface area contributed by atoms with Gasteiger partial charge in [0.15, 0.2) is 0 Å². The largest absolute Gasteiger partial charge is 0.342 e. The third-order valence-electron chi connectivity index (χ3n) is 4.48. The summed E-state index contributed by atoms with van der Waals surface area (Å²) in [6, 6.07) is 0.489. The number of aliphatic imine (C=N–C) groups is 1. The maximum absolute atomic E-state index is 5.67. The zero-order valence-electron chi connectivity index (χ0n) is 11.9. The molecule has 2 rings (SSSR count). The molecule has 18 heavy (non-hydrogen) atoms. The van der Waals surface area contributed by atoms with Gasteiger partial charge in [0.05, 0.1) is 6.04 Å². The van der Waals surface area contributed by atoms with Crippen molar-refractivity contribution in [2.24, 2.45) is 22.7 Å². The monoisotopic (exact) mass is 252 g/mol. The summed E-state index contributed by atoms with van der Waals surface area (Å²) in [5.74, 6) is 8.13. The average Bonchev–Trinajstić information content (AvgIpc) is 2.87. The Morgan fingerprint density at radius 3 is 2.50 bits per heavy atom. The highest BCUT2D eigenvalue weighted by molar-refractivity contribution is 5.79. The molecule has 0 radical (unpaired) electrons. The number of nitrogens with two attached hydrogens (primary N) is 1. The maximum Gasteiger partial charge on any atom is 0.208 e. The van der Waals surface area contributed by atoms with E-state index in [9.17, 15) is 0 Å². The lowest BCUT2D eigenvalue weighted by Gasteiger charge is -2.24. The third kappa shape index (κ3) is 3.37. The van der Waals surface area contributed by atoms with Crippen molar-refractivity contribution in [3.8, 4) is 0 Å². The second-order valence-electron chi connectivity index (χ2n) is 6.13. The Kier molecular flexibility index (Phi) is 4.87. The van der Waals surface area contributed by atoms with E-state index in [1.807, 2.05) is 0 Å². The fraction of sp³-hybridized carbons (Fsp3) is 0.929. The smallest absolute Gasteiger partial charge is 0.208 e. The van der Waals surface area contributed by atoms with Gasteiger partial charge in [-0.3, -0.25) is 5.43 Å². The summed E-state index contributed by atoms with van der Waals surface area (Å²) >= 11 is 0. The molecular formula is C14H28N4. The molecule has 1 heterocycles. The minimum absolute atomic E-state index is 0.489. The topological polar surface area (TPSA) is 53.6 Å². The number of rotatable bonds is 2. The number of hydrogen-bond donors (Lipinski definition) is 2. The first kappa shape index (κ1) is 13.7. The van der Waals surface area contributed by atoms with Crippen molar-refractivity contribution in [2.75, 3.05) is 13.1 Å². The third-order valence-corrected chi connectivity index (χ3v) is 4.48. The van der Waals surface area contributed by atoms with Crippen LogP contribution in [0.25, 0.3) is 0 Å². The van der Waals surface area contributed by atoms with Crippen LogP contribution in [0, 0.1) is 11.8 Å². The molecule has 1 unspecified atom stereocenters. The van der Waals surface area contributed by atoms with E-state index < -0.39 is 0 Å². The molecule has 0 aromatic carbocycles. The van der Waals surface area contributed by atoms with Crippen LogP contribution in [-0.4, -0.2) is 30.0 Å². The molecular weight excluding hydrogens is 224 g/mol. The van der Waals surface area contributed by atoms with Gasteiger partial charge < -0.3 is 4.90 Å². The van der Waals surface area contributed by atoms with E-state index in [2.05, 4.69) is 24.2 Å². The summed E-state index contributed by atoms with van der Waals surface area (Å²) < 4.78 is 0. The number of likely N-dealkylation sites (tertiary alicyclic amines) is 1. The Labute approximate surface area is 111 Å². The second-order valence-corrected chi connectivity index (χ2v) is 6.13. The maximum atomic E-state index is 5.67. The first-order valence-corrected chi connectivity index (χ1v) is 7.50. The van der Waals surface area contributed by atoms with Gasteiger partial charge >= 0.3 is 0 Å². The normalized spacial score (nSPS) is 27.0. The Morgan fingerprint density at radius 1 is 1.22 bits per heavy atom. The van der Waals surface area contributed by atoms with Crippen molar-refractivity contribution in [1.82, 2.24) is 10.3 Å². The number of hydrogen-bond acceptors (Lipinski definition) is 2. The quantitative estimate of drug-likeness (QED) is 0.342. The molecule has 1 atom stereocenters. The molecule has 0 amide bonds. The van der Waals surface area contributed by atoms with E-state index in [1.54, 1.807) is 0 Å².